The lowest BCUT2D eigenvalue weighted by Crippen LogP contribution is -2.42. The van der Waals surface area contributed by atoms with Gasteiger partial charge in [0.2, 0.25) is 0 Å². The van der Waals surface area contributed by atoms with Crippen molar-refractivity contribution in [1.82, 2.24) is 0 Å². The number of halogens is 3. The van der Waals surface area contributed by atoms with Gasteiger partial charge in [0.15, 0.2) is 0 Å². The molecule has 0 bridgehead atoms. The monoisotopic (exact) mass is 415 g/mol. The fourth-order valence-corrected chi connectivity index (χ4v) is 4.97. The average molecular weight is 415 g/mol. The number of anilines is 1. The summed E-state index contributed by atoms with van der Waals surface area (Å²) < 4.78 is 66.3. The molecule has 3 rings (SSSR count). The Morgan fingerprint density at radius 1 is 1.18 bits per heavy atom. The molecule has 150 valence electrons. The van der Waals surface area contributed by atoms with Crippen molar-refractivity contribution >= 4 is 21.7 Å². The van der Waals surface area contributed by atoms with Crippen molar-refractivity contribution in [3.05, 3.63) is 53.1 Å². The Kier molecular flexibility index (Phi) is 4.78. The zero-order valence-corrected chi connectivity index (χ0v) is 15.4. The molecule has 0 aromatic heterocycles. The fraction of sp³-hybridized carbons (Fsp3) is 0.278. The Balaban J connectivity index is 2.13. The first kappa shape index (κ1) is 20.0. The molecular formula is C18H16F3NO5S. The van der Waals surface area contributed by atoms with Crippen LogP contribution in [-0.2, 0) is 22.6 Å². The number of aromatic carboxylic acids is 1. The van der Waals surface area contributed by atoms with Gasteiger partial charge in [-0.25, -0.2) is 13.2 Å². The summed E-state index contributed by atoms with van der Waals surface area (Å²) in [6.45, 7) is 1.62. The van der Waals surface area contributed by atoms with E-state index in [-0.39, 0.29) is 22.6 Å². The maximum Gasteiger partial charge on any atom is 0.416 e. The Hall–Kier alpha value is -2.75. The highest BCUT2D eigenvalue weighted by atomic mass is 32.2. The van der Waals surface area contributed by atoms with Crippen LogP contribution in [0.5, 0.6) is 5.75 Å². The van der Waals surface area contributed by atoms with Gasteiger partial charge in [-0.1, -0.05) is 0 Å². The topological polar surface area (TPSA) is 94.9 Å². The van der Waals surface area contributed by atoms with Crippen LogP contribution in [0.3, 0.4) is 0 Å². The number of carbonyl (C=O) groups is 1. The summed E-state index contributed by atoms with van der Waals surface area (Å²) in [5.41, 5.74) is -1.08. The van der Waals surface area contributed by atoms with E-state index in [1.807, 2.05) is 0 Å². The summed E-state index contributed by atoms with van der Waals surface area (Å²) in [7, 11) is -4.27. The molecule has 1 unspecified atom stereocenters. The van der Waals surface area contributed by atoms with Crippen LogP contribution < -0.4 is 4.31 Å². The first-order valence-electron chi connectivity index (χ1n) is 8.24. The van der Waals surface area contributed by atoms with Crippen molar-refractivity contribution < 1.29 is 36.6 Å². The molecule has 0 amide bonds. The molecule has 1 heterocycles. The summed E-state index contributed by atoms with van der Waals surface area (Å²) in [6, 6.07) is 5.17. The third-order valence-corrected chi connectivity index (χ3v) is 6.56. The van der Waals surface area contributed by atoms with Crippen LogP contribution in [0.15, 0.2) is 41.3 Å². The van der Waals surface area contributed by atoms with Crippen molar-refractivity contribution in [3.63, 3.8) is 0 Å². The van der Waals surface area contributed by atoms with Gasteiger partial charge in [0.05, 0.1) is 16.1 Å². The highest BCUT2D eigenvalue weighted by Gasteiger charge is 2.37. The van der Waals surface area contributed by atoms with Crippen LogP contribution in [0.25, 0.3) is 0 Å². The molecule has 0 radical (unpaired) electrons. The Morgan fingerprint density at radius 2 is 1.86 bits per heavy atom. The molecule has 10 heteroatoms. The summed E-state index contributed by atoms with van der Waals surface area (Å²) >= 11 is 0. The minimum Gasteiger partial charge on any atom is -0.507 e. The molecule has 1 aliphatic heterocycles. The number of rotatable bonds is 3. The summed E-state index contributed by atoms with van der Waals surface area (Å²) in [4.78, 5) is 10.8. The lowest BCUT2D eigenvalue weighted by atomic mass is 9.97. The van der Waals surface area contributed by atoms with E-state index >= 15 is 0 Å². The second-order valence-electron chi connectivity index (χ2n) is 6.51. The molecule has 0 fully saturated rings. The minimum absolute atomic E-state index is 0.122. The molecule has 1 atom stereocenters. The van der Waals surface area contributed by atoms with Crippen LogP contribution in [0.4, 0.5) is 18.9 Å². The third-order valence-electron chi connectivity index (χ3n) is 4.63. The molecule has 1 aliphatic rings. The number of fused-ring (bicyclic) bond motifs is 1. The number of phenols is 1. The van der Waals surface area contributed by atoms with E-state index < -0.39 is 45.1 Å². The number of alkyl halides is 3. The van der Waals surface area contributed by atoms with E-state index in [0.29, 0.717) is 6.42 Å². The predicted octanol–water partition coefficient (Wildman–Crippen LogP) is 3.64. The number of aryl methyl sites for hydroxylation is 1. The van der Waals surface area contributed by atoms with Crippen LogP contribution in [0.2, 0.25) is 0 Å². The van der Waals surface area contributed by atoms with Gasteiger partial charge < -0.3 is 10.2 Å². The quantitative estimate of drug-likeness (QED) is 0.798. The number of hydrogen-bond acceptors (Lipinski definition) is 4. The van der Waals surface area contributed by atoms with Crippen molar-refractivity contribution in [2.24, 2.45) is 0 Å². The molecular weight excluding hydrogens is 399 g/mol. The van der Waals surface area contributed by atoms with Crippen LogP contribution in [0.1, 0.15) is 34.8 Å². The lowest BCUT2D eigenvalue weighted by molar-refractivity contribution is -0.137. The zero-order chi connectivity index (χ0) is 20.9. The Morgan fingerprint density at radius 3 is 2.46 bits per heavy atom. The number of carboxylic acid groups (broad SMARTS) is 1. The Labute approximate surface area is 158 Å². The molecule has 2 aromatic rings. The van der Waals surface area contributed by atoms with Crippen LogP contribution in [0, 0.1) is 0 Å². The average Bonchev–Trinajstić information content (AvgIpc) is 2.60. The van der Waals surface area contributed by atoms with Crippen molar-refractivity contribution in [2.75, 3.05) is 4.31 Å². The number of sulfonamides is 1. The molecule has 6 nitrogen and oxygen atoms in total. The molecule has 2 N–H and O–H groups in total. The summed E-state index contributed by atoms with van der Waals surface area (Å²) in [5, 5.41) is 18.7. The van der Waals surface area contributed by atoms with Gasteiger partial charge in [0.1, 0.15) is 11.3 Å². The number of aromatic hydroxyl groups is 1. The molecule has 0 aliphatic carbocycles. The van der Waals surface area contributed by atoms with Gasteiger partial charge in [-0.3, -0.25) is 4.31 Å². The van der Waals surface area contributed by atoms with E-state index in [2.05, 4.69) is 0 Å². The third kappa shape index (κ3) is 3.39. The molecule has 0 saturated heterocycles. The van der Waals surface area contributed by atoms with Crippen LogP contribution in [-0.4, -0.2) is 30.6 Å². The largest absolute Gasteiger partial charge is 0.507 e. The molecule has 0 spiro atoms. The second kappa shape index (κ2) is 6.69. The molecule has 2 aromatic carbocycles. The van der Waals surface area contributed by atoms with E-state index in [1.54, 1.807) is 6.92 Å². The van der Waals surface area contributed by atoms with Gasteiger partial charge in [-0.15, -0.1) is 0 Å². The van der Waals surface area contributed by atoms with Gasteiger partial charge in [-0.2, -0.15) is 13.2 Å². The summed E-state index contributed by atoms with van der Waals surface area (Å²) in [5.74, 6) is -2.09. The first-order chi connectivity index (χ1) is 12.9. The fourth-order valence-electron chi connectivity index (χ4n) is 3.22. The standard InChI is InChI=1S/C18H16F3NO5S/c1-10-2-3-11-8-12(18(19,20)21)4-6-15(11)22(10)28(26,27)13-5-7-16(23)14(9-13)17(24)25/h4-10,23H,2-3H2,1H3,(H,24,25). The minimum atomic E-state index is -4.55. The van der Waals surface area contributed by atoms with E-state index in [9.17, 15) is 31.5 Å². The maximum atomic E-state index is 13.2. The summed E-state index contributed by atoms with van der Waals surface area (Å²) in [6.07, 6.45) is -3.96. The van der Waals surface area contributed by atoms with E-state index in [0.717, 1.165) is 40.7 Å². The maximum absolute atomic E-state index is 13.2. The number of nitrogens with zero attached hydrogens (tertiary/aromatic N) is 1. The van der Waals surface area contributed by atoms with Gasteiger partial charge in [0.25, 0.3) is 10.0 Å². The lowest BCUT2D eigenvalue weighted by Gasteiger charge is -2.36. The Bertz CT molecular complexity index is 1050. The van der Waals surface area contributed by atoms with Crippen molar-refractivity contribution in [1.29, 1.82) is 0 Å². The molecule has 28 heavy (non-hydrogen) atoms. The zero-order valence-electron chi connectivity index (χ0n) is 14.6. The predicted molar refractivity (Wildman–Crippen MR) is 94.0 cm³/mol. The number of benzene rings is 2. The van der Waals surface area contributed by atoms with Gasteiger partial charge in [0, 0.05) is 6.04 Å². The van der Waals surface area contributed by atoms with Crippen LogP contribution >= 0.6 is 0 Å². The number of carboxylic acids is 1. The SMILES string of the molecule is CC1CCc2cc(C(F)(F)F)ccc2N1S(=O)(=O)c1ccc(O)c(C(=O)O)c1. The normalized spacial score (nSPS) is 17.3. The second-order valence-corrected chi connectivity index (χ2v) is 8.33. The van der Waals surface area contributed by atoms with E-state index in [1.165, 1.54) is 0 Å². The number of hydrogen-bond donors (Lipinski definition) is 2. The van der Waals surface area contributed by atoms with Crippen molar-refractivity contribution in [3.8, 4) is 5.75 Å². The van der Waals surface area contributed by atoms with Gasteiger partial charge >= 0.3 is 12.1 Å². The van der Waals surface area contributed by atoms with Crippen molar-refractivity contribution in [2.45, 2.75) is 36.9 Å². The van der Waals surface area contributed by atoms with Gasteiger partial charge in [-0.05, 0) is 61.7 Å². The highest BCUT2D eigenvalue weighted by molar-refractivity contribution is 7.92. The highest BCUT2D eigenvalue weighted by Crippen LogP contribution is 2.39. The first-order valence-corrected chi connectivity index (χ1v) is 9.68. The van der Waals surface area contributed by atoms with E-state index in [4.69, 9.17) is 5.11 Å². The molecule has 0 saturated carbocycles. The smallest absolute Gasteiger partial charge is 0.416 e.